The van der Waals surface area contributed by atoms with Gasteiger partial charge < -0.3 is 10.6 Å². The van der Waals surface area contributed by atoms with Gasteiger partial charge in [-0.05, 0) is 32.9 Å². The van der Waals surface area contributed by atoms with Crippen LogP contribution < -0.4 is 10.6 Å². The number of carbonyl (C=O) groups excluding carboxylic acids is 3. The third kappa shape index (κ3) is 2.49. The van der Waals surface area contributed by atoms with Crippen LogP contribution in [0.15, 0.2) is 18.2 Å². The summed E-state index contributed by atoms with van der Waals surface area (Å²) in [5.74, 6) is -0.762. The second-order valence-corrected chi connectivity index (χ2v) is 5.73. The van der Waals surface area contributed by atoms with E-state index in [1.165, 1.54) is 7.05 Å². The van der Waals surface area contributed by atoms with Gasteiger partial charge in [0.25, 0.3) is 11.8 Å². The minimum absolute atomic E-state index is 0.240. The number of anilines is 1. The fourth-order valence-electron chi connectivity index (χ4n) is 2.00. The first-order valence-corrected chi connectivity index (χ1v) is 6.25. The molecule has 1 aliphatic rings. The second-order valence-electron chi connectivity index (χ2n) is 5.73. The van der Waals surface area contributed by atoms with Gasteiger partial charge in [0.2, 0.25) is 0 Å². The summed E-state index contributed by atoms with van der Waals surface area (Å²) in [6.45, 7) is 5.55. The number of hydrogen-bond acceptors (Lipinski definition) is 3. The molecule has 0 saturated carbocycles. The van der Waals surface area contributed by atoms with E-state index in [4.69, 9.17) is 0 Å². The van der Waals surface area contributed by atoms with Gasteiger partial charge in [0.05, 0.1) is 16.8 Å². The number of imide groups is 1. The molecule has 0 aliphatic carbocycles. The molecule has 1 aromatic carbocycles. The first kappa shape index (κ1) is 14.0. The summed E-state index contributed by atoms with van der Waals surface area (Å²) in [6.07, 6.45) is 0. The number of carbonyl (C=O) groups is 3. The van der Waals surface area contributed by atoms with Crippen molar-refractivity contribution in [2.75, 3.05) is 12.4 Å². The van der Waals surface area contributed by atoms with Crippen LogP contribution in [0, 0.1) is 0 Å². The first-order valence-electron chi connectivity index (χ1n) is 6.25. The number of fused-ring (bicyclic) bond motifs is 1. The quantitative estimate of drug-likeness (QED) is 0.767. The molecule has 0 fully saturated rings. The van der Waals surface area contributed by atoms with Crippen LogP contribution in [0.4, 0.5) is 10.5 Å². The van der Waals surface area contributed by atoms with Gasteiger partial charge in [0, 0.05) is 12.6 Å². The molecule has 20 heavy (non-hydrogen) atoms. The monoisotopic (exact) mass is 275 g/mol. The van der Waals surface area contributed by atoms with Crippen molar-refractivity contribution in [3.8, 4) is 0 Å². The zero-order chi connectivity index (χ0) is 15.1. The maximum absolute atomic E-state index is 12.0. The third-order valence-corrected chi connectivity index (χ3v) is 2.85. The third-order valence-electron chi connectivity index (χ3n) is 2.85. The molecule has 0 atom stereocenters. The van der Waals surface area contributed by atoms with E-state index in [0.29, 0.717) is 11.3 Å². The molecular formula is C14H17N3O3. The lowest BCUT2D eigenvalue weighted by atomic mass is 10.1. The van der Waals surface area contributed by atoms with Gasteiger partial charge in [-0.2, -0.15) is 0 Å². The van der Waals surface area contributed by atoms with E-state index in [9.17, 15) is 14.4 Å². The zero-order valence-corrected chi connectivity index (χ0v) is 11.9. The Hall–Kier alpha value is -2.37. The number of nitrogens with zero attached hydrogens (tertiary/aromatic N) is 1. The van der Waals surface area contributed by atoms with Crippen LogP contribution in [-0.4, -0.2) is 35.3 Å². The van der Waals surface area contributed by atoms with Crippen LogP contribution >= 0.6 is 0 Å². The van der Waals surface area contributed by atoms with Crippen LogP contribution in [0.3, 0.4) is 0 Å². The van der Waals surface area contributed by atoms with E-state index in [1.807, 2.05) is 20.8 Å². The highest BCUT2D eigenvalue weighted by molar-refractivity contribution is 6.24. The number of rotatable bonds is 1. The van der Waals surface area contributed by atoms with E-state index in [-0.39, 0.29) is 11.5 Å². The fraction of sp³-hybridized carbons (Fsp3) is 0.357. The maximum Gasteiger partial charge on any atom is 0.319 e. The van der Waals surface area contributed by atoms with Gasteiger partial charge in [-0.25, -0.2) is 4.79 Å². The van der Waals surface area contributed by atoms with Crippen LogP contribution in [-0.2, 0) is 0 Å². The molecule has 4 amide bonds. The van der Waals surface area contributed by atoms with Gasteiger partial charge in [-0.1, -0.05) is 6.07 Å². The van der Waals surface area contributed by atoms with Crippen molar-refractivity contribution in [2.24, 2.45) is 0 Å². The zero-order valence-electron chi connectivity index (χ0n) is 11.9. The Morgan fingerprint density at radius 2 is 1.80 bits per heavy atom. The summed E-state index contributed by atoms with van der Waals surface area (Å²) >= 11 is 0. The van der Waals surface area contributed by atoms with Crippen molar-refractivity contribution < 1.29 is 14.4 Å². The van der Waals surface area contributed by atoms with E-state index >= 15 is 0 Å². The first-order chi connectivity index (χ1) is 9.20. The molecule has 0 unspecified atom stereocenters. The average molecular weight is 275 g/mol. The topological polar surface area (TPSA) is 78.5 Å². The van der Waals surface area contributed by atoms with Gasteiger partial charge >= 0.3 is 6.03 Å². The van der Waals surface area contributed by atoms with Gasteiger partial charge in [0.15, 0.2) is 0 Å². The molecule has 6 heteroatoms. The van der Waals surface area contributed by atoms with Gasteiger partial charge in [0.1, 0.15) is 0 Å². The van der Waals surface area contributed by atoms with Gasteiger partial charge in [-0.15, -0.1) is 0 Å². The maximum atomic E-state index is 12.0. The summed E-state index contributed by atoms with van der Waals surface area (Å²) in [5, 5.41) is 5.36. The molecule has 0 radical (unpaired) electrons. The van der Waals surface area contributed by atoms with E-state index in [1.54, 1.807) is 18.2 Å². The van der Waals surface area contributed by atoms with Gasteiger partial charge in [-0.3, -0.25) is 14.5 Å². The van der Waals surface area contributed by atoms with Crippen molar-refractivity contribution in [3.05, 3.63) is 29.3 Å². The van der Waals surface area contributed by atoms with Crippen molar-refractivity contribution in [3.63, 3.8) is 0 Å². The normalized spacial score (nSPS) is 14.3. The Morgan fingerprint density at radius 1 is 1.15 bits per heavy atom. The summed E-state index contributed by atoms with van der Waals surface area (Å²) in [6, 6.07) is 4.40. The molecule has 2 N–H and O–H groups in total. The molecule has 0 spiro atoms. The van der Waals surface area contributed by atoms with Crippen LogP contribution in [0.5, 0.6) is 0 Å². The predicted octanol–water partition coefficient (Wildman–Crippen LogP) is 1.83. The minimum atomic E-state index is -0.416. The predicted molar refractivity (Wildman–Crippen MR) is 74.8 cm³/mol. The number of nitrogens with one attached hydrogen (secondary N) is 2. The molecule has 1 heterocycles. The highest BCUT2D eigenvalue weighted by Crippen LogP contribution is 2.28. The van der Waals surface area contributed by atoms with Crippen LogP contribution in [0.1, 0.15) is 41.5 Å². The second kappa shape index (κ2) is 4.63. The Labute approximate surface area is 117 Å². The smallest absolute Gasteiger partial charge is 0.319 e. The lowest BCUT2D eigenvalue weighted by molar-refractivity contribution is 0.0693. The molecular weight excluding hydrogens is 258 g/mol. The molecule has 0 bridgehead atoms. The highest BCUT2D eigenvalue weighted by Gasteiger charge is 2.35. The van der Waals surface area contributed by atoms with Crippen molar-refractivity contribution in [2.45, 2.75) is 26.3 Å². The Bertz CT molecular complexity index is 602. The molecule has 106 valence electrons. The molecule has 0 aromatic heterocycles. The minimum Gasteiger partial charge on any atom is -0.333 e. The van der Waals surface area contributed by atoms with E-state index in [0.717, 1.165) is 4.90 Å². The Morgan fingerprint density at radius 3 is 2.40 bits per heavy atom. The Balaban J connectivity index is 2.31. The van der Waals surface area contributed by atoms with Crippen LogP contribution in [0.25, 0.3) is 0 Å². The molecule has 2 rings (SSSR count). The average Bonchev–Trinajstić information content (AvgIpc) is 2.53. The van der Waals surface area contributed by atoms with E-state index < -0.39 is 17.5 Å². The van der Waals surface area contributed by atoms with Crippen LogP contribution in [0.2, 0.25) is 0 Å². The van der Waals surface area contributed by atoms with E-state index in [2.05, 4.69) is 10.6 Å². The highest BCUT2D eigenvalue weighted by atomic mass is 16.2. The summed E-state index contributed by atoms with van der Waals surface area (Å²) < 4.78 is 0. The Kier molecular flexibility index (Phi) is 3.25. The number of hydrogen-bond donors (Lipinski definition) is 2. The SMILES string of the molecule is CN1C(=O)c2cccc(NC(=O)NC(C)(C)C)c2C1=O. The number of benzene rings is 1. The van der Waals surface area contributed by atoms with Crippen molar-refractivity contribution in [1.29, 1.82) is 0 Å². The van der Waals surface area contributed by atoms with Crippen molar-refractivity contribution >= 4 is 23.5 Å². The summed E-state index contributed by atoms with van der Waals surface area (Å²) in [5.41, 5.74) is 0.501. The lowest BCUT2D eigenvalue weighted by Crippen LogP contribution is -2.43. The summed E-state index contributed by atoms with van der Waals surface area (Å²) in [7, 11) is 1.42. The standard InChI is InChI=1S/C14H17N3O3/c1-14(2,3)16-13(20)15-9-7-5-6-8-10(9)12(19)17(4)11(8)18/h5-7H,1-4H3,(H2,15,16,20). The number of urea groups is 1. The molecule has 1 aliphatic heterocycles. The summed E-state index contributed by atoms with van der Waals surface area (Å²) in [4.78, 5) is 36.8. The molecule has 1 aromatic rings. The molecule has 0 saturated heterocycles. The number of amides is 4. The van der Waals surface area contributed by atoms with Crippen molar-refractivity contribution in [1.82, 2.24) is 10.2 Å². The fourth-order valence-corrected chi connectivity index (χ4v) is 2.00. The lowest BCUT2D eigenvalue weighted by Gasteiger charge is -2.21. The molecule has 6 nitrogen and oxygen atoms in total. The largest absolute Gasteiger partial charge is 0.333 e.